The van der Waals surface area contributed by atoms with Crippen molar-refractivity contribution in [2.45, 2.75) is 0 Å². The molecule has 0 atom stereocenters. The van der Waals surface area contributed by atoms with Crippen LogP contribution in [0.1, 0.15) is 0 Å². The second-order valence-electron chi connectivity index (χ2n) is 4.77. The molecule has 0 radical (unpaired) electrons. The van der Waals surface area contributed by atoms with Crippen molar-refractivity contribution >= 4 is 34.7 Å². The van der Waals surface area contributed by atoms with Crippen LogP contribution >= 0.6 is 11.6 Å². The standard InChI is InChI=1S/C13H14ClN3O3/c14-9-1-2-11-10(7-9)15-13(20-11)17-5-3-16(4-6-17)8-12(18)19/h1-2,7H,3-6,8H2,(H,18,19). The topological polar surface area (TPSA) is 69.8 Å². The zero-order chi connectivity index (χ0) is 14.1. The second kappa shape index (κ2) is 5.30. The van der Waals surface area contributed by atoms with Crippen molar-refractivity contribution in [2.75, 3.05) is 37.6 Å². The third kappa shape index (κ3) is 2.71. The van der Waals surface area contributed by atoms with E-state index in [1.807, 2.05) is 9.80 Å². The number of aliphatic carboxylic acids is 1. The molecule has 106 valence electrons. The van der Waals surface area contributed by atoms with Crippen LogP contribution in [-0.4, -0.2) is 53.7 Å². The van der Waals surface area contributed by atoms with Crippen molar-refractivity contribution in [1.29, 1.82) is 0 Å². The number of carboxylic acids is 1. The van der Waals surface area contributed by atoms with Crippen LogP contribution in [0, 0.1) is 0 Å². The van der Waals surface area contributed by atoms with E-state index < -0.39 is 5.97 Å². The van der Waals surface area contributed by atoms with Gasteiger partial charge in [0.15, 0.2) is 5.58 Å². The number of nitrogens with zero attached hydrogens (tertiary/aromatic N) is 3. The fraction of sp³-hybridized carbons (Fsp3) is 0.385. The van der Waals surface area contributed by atoms with Crippen LogP contribution in [0.4, 0.5) is 6.01 Å². The first-order valence-electron chi connectivity index (χ1n) is 6.37. The highest BCUT2D eigenvalue weighted by atomic mass is 35.5. The van der Waals surface area contributed by atoms with Crippen molar-refractivity contribution in [1.82, 2.24) is 9.88 Å². The molecule has 1 aliphatic heterocycles. The Labute approximate surface area is 120 Å². The average Bonchev–Trinajstić information content (AvgIpc) is 2.81. The Morgan fingerprint density at radius 1 is 1.35 bits per heavy atom. The quantitative estimate of drug-likeness (QED) is 0.929. The summed E-state index contributed by atoms with van der Waals surface area (Å²) in [5.41, 5.74) is 1.44. The minimum absolute atomic E-state index is 0.0804. The van der Waals surface area contributed by atoms with E-state index in [9.17, 15) is 4.79 Å². The summed E-state index contributed by atoms with van der Waals surface area (Å²) in [5, 5.41) is 9.40. The van der Waals surface area contributed by atoms with Crippen molar-refractivity contribution in [3.05, 3.63) is 23.2 Å². The molecule has 1 aliphatic rings. The zero-order valence-corrected chi connectivity index (χ0v) is 11.5. The Balaban J connectivity index is 1.71. The predicted octanol–water partition coefficient (Wildman–Crippen LogP) is 1.69. The summed E-state index contributed by atoms with van der Waals surface area (Å²) in [6, 6.07) is 5.90. The van der Waals surface area contributed by atoms with Crippen LogP contribution in [0.5, 0.6) is 0 Å². The third-order valence-corrected chi connectivity index (χ3v) is 3.58. The number of hydrogen-bond acceptors (Lipinski definition) is 5. The number of aromatic nitrogens is 1. The molecular formula is C13H14ClN3O3. The first-order valence-corrected chi connectivity index (χ1v) is 6.75. The molecule has 1 aromatic heterocycles. The summed E-state index contributed by atoms with van der Waals surface area (Å²) in [6.45, 7) is 2.86. The molecular weight excluding hydrogens is 282 g/mol. The van der Waals surface area contributed by atoms with Gasteiger partial charge in [0.2, 0.25) is 0 Å². The lowest BCUT2D eigenvalue weighted by Gasteiger charge is -2.32. The van der Waals surface area contributed by atoms with Crippen LogP contribution < -0.4 is 4.90 Å². The summed E-state index contributed by atoms with van der Waals surface area (Å²) >= 11 is 5.92. The molecule has 6 nitrogen and oxygen atoms in total. The molecule has 3 rings (SSSR count). The van der Waals surface area contributed by atoms with Gasteiger partial charge in [0.25, 0.3) is 6.01 Å². The number of oxazole rings is 1. The number of carboxylic acid groups (broad SMARTS) is 1. The zero-order valence-electron chi connectivity index (χ0n) is 10.8. The molecule has 1 fully saturated rings. The average molecular weight is 296 g/mol. The molecule has 20 heavy (non-hydrogen) atoms. The van der Waals surface area contributed by atoms with Gasteiger partial charge >= 0.3 is 5.97 Å². The van der Waals surface area contributed by atoms with Gasteiger partial charge in [-0.15, -0.1) is 0 Å². The fourth-order valence-corrected chi connectivity index (χ4v) is 2.48. The van der Waals surface area contributed by atoms with E-state index in [1.54, 1.807) is 18.2 Å². The van der Waals surface area contributed by atoms with Gasteiger partial charge in [-0.1, -0.05) is 11.6 Å². The fourth-order valence-electron chi connectivity index (χ4n) is 2.31. The molecule has 0 saturated carbocycles. The first kappa shape index (κ1) is 13.2. The van der Waals surface area contributed by atoms with E-state index in [0.717, 1.165) is 5.52 Å². The number of carbonyl (C=O) groups is 1. The molecule has 1 saturated heterocycles. The number of halogens is 1. The van der Waals surface area contributed by atoms with Crippen molar-refractivity contribution in [3.8, 4) is 0 Å². The highest BCUT2D eigenvalue weighted by molar-refractivity contribution is 6.31. The van der Waals surface area contributed by atoms with E-state index in [0.29, 0.717) is 42.8 Å². The molecule has 0 aliphatic carbocycles. The van der Waals surface area contributed by atoms with Crippen LogP contribution in [0.25, 0.3) is 11.1 Å². The van der Waals surface area contributed by atoms with E-state index in [4.69, 9.17) is 21.1 Å². The number of benzene rings is 1. The minimum Gasteiger partial charge on any atom is -0.480 e. The molecule has 2 aromatic rings. The van der Waals surface area contributed by atoms with Gasteiger partial charge in [-0.25, -0.2) is 0 Å². The van der Waals surface area contributed by atoms with Gasteiger partial charge in [-0.3, -0.25) is 9.69 Å². The maximum atomic E-state index is 10.7. The molecule has 0 bridgehead atoms. The van der Waals surface area contributed by atoms with Crippen LogP contribution in [0.15, 0.2) is 22.6 Å². The van der Waals surface area contributed by atoms with E-state index in [-0.39, 0.29) is 6.54 Å². The lowest BCUT2D eigenvalue weighted by atomic mass is 10.3. The lowest BCUT2D eigenvalue weighted by molar-refractivity contribution is -0.138. The van der Waals surface area contributed by atoms with Gasteiger partial charge < -0.3 is 14.4 Å². The number of piperazine rings is 1. The van der Waals surface area contributed by atoms with Crippen LogP contribution in [-0.2, 0) is 4.79 Å². The van der Waals surface area contributed by atoms with Gasteiger partial charge in [-0.2, -0.15) is 4.98 Å². The summed E-state index contributed by atoms with van der Waals surface area (Å²) in [4.78, 5) is 19.0. The van der Waals surface area contributed by atoms with Gasteiger partial charge in [-0.05, 0) is 18.2 Å². The van der Waals surface area contributed by atoms with E-state index >= 15 is 0 Å². The summed E-state index contributed by atoms with van der Waals surface area (Å²) < 4.78 is 5.70. The second-order valence-corrected chi connectivity index (χ2v) is 5.20. The molecule has 0 spiro atoms. The predicted molar refractivity (Wildman–Crippen MR) is 75.3 cm³/mol. The Morgan fingerprint density at radius 3 is 2.80 bits per heavy atom. The summed E-state index contributed by atoms with van der Waals surface area (Å²) in [5.74, 6) is -0.796. The Morgan fingerprint density at radius 2 is 2.10 bits per heavy atom. The number of hydrogen-bond donors (Lipinski definition) is 1. The van der Waals surface area contributed by atoms with Gasteiger partial charge in [0, 0.05) is 31.2 Å². The molecule has 1 aromatic carbocycles. The minimum atomic E-state index is -0.796. The Kier molecular flexibility index (Phi) is 3.50. The maximum absolute atomic E-state index is 10.7. The van der Waals surface area contributed by atoms with Gasteiger partial charge in [0.05, 0.1) is 6.54 Å². The monoisotopic (exact) mass is 295 g/mol. The Hall–Kier alpha value is -1.79. The normalized spacial score (nSPS) is 16.8. The van der Waals surface area contributed by atoms with Crippen molar-refractivity contribution in [3.63, 3.8) is 0 Å². The number of rotatable bonds is 3. The highest BCUT2D eigenvalue weighted by Gasteiger charge is 2.22. The van der Waals surface area contributed by atoms with Crippen LogP contribution in [0.3, 0.4) is 0 Å². The number of anilines is 1. The SMILES string of the molecule is O=C(O)CN1CCN(c2nc3cc(Cl)ccc3o2)CC1. The maximum Gasteiger partial charge on any atom is 0.317 e. The van der Waals surface area contributed by atoms with Crippen molar-refractivity contribution < 1.29 is 14.3 Å². The molecule has 0 unspecified atom stereocenters. The molecule has 2 heterocycles. The van der Waals surface area contributed by atoms with E-state index in [2.05, 4.69) is 4.98 Å². The molecule has 7 heteroatoms. The van der Waals surface area contributed by atoms with Crippen LogP contribution in [0.2, 0.25) is 5.02 Å². The smallest absolute Gasteiger partial charge is 0.317 e. The largest absolute Gasteiger partial charge is 0.480 e. The lowest BCUT2D eigenvalue weighted by Crippen LogP contribution is -2.48. The van der Waals surface area contributed by atoms with Crippen molar-refractivity contribution in [2.24, 2.45) is 0 Å². The first-order chi connectivity index (χ1) is 9.61. The number of fused-ring (bicyclic) bond motifs is 1. The molecule has 0 amide bonds. The highest BCUT2D eigenvalue weighted by Crippen LogP contribution is 2.25. The van der Waals surface area contributed by atoms with E-state index in [1.165, 1.54) is 0 Å². The third-order valence-electron chi connectivity index (χ3n) is 3.34. The Bertz CT molecular complexity index is 635. The summed E-state index contributed by atoms with van der Waals surface area (Å²) in [6.07, 6.45) is 0. The van der Waals surface area contributed by atoms with Gasteiger partial charge in [0.1, 0.15) is 5.52 Å². The summed E-state index contributed by atoms with van der Waals surface area (Å²) in [7, 11) is 0. The molecule has 1 N–H and O–H groups in total.